The second-order valence-electron chi connectivity index (χ2n) is 8.85. The number of rotatable bonds is 7. The zero-order valence-electron chi connectivity index (χ0n) is 19.2. The van der Waals surface area contributed by atoms with Crippen LogP contribution in [0.2, 0.25) is 0 Å². The Hall–Kier alpha value is -2.80. The number of nitrogens with zero attached hydrogens (tertiary/aromatic N) is 3. The third-order valence-electron chi connectivity index (χ3n) is 6.40. The van der Waals surface area contributed by atoms with E-state index in [0.29, 0.717) is 29.2 Å². The van der Waals surface area contributed by atoms with Crippen LogP contribution in [-0.2, 0) is 22.4 Å². The summed E-state index contributed by atoms with van der Waals surface area (Å²) < 4.78 is 13.0. The molecule has 0 radical (unpaired) electrons. The van der Waals surface area contributed by atoms with Gasteiger partial charge in [0.25, 0.3) is 0 Å². The number of aryl methyl sites for hydroxylation is 1. The van der Waals surface area contributed by atoms with Crippen molar-refractivity contribution in [3.05, 3.63) is 46.1 Å². The Kier molecular flexibility index (Phi) is 8.27. The van der Waals surface area contributed by atoms with Gasteiger partial charge in [-0.25, -0.2) is 4.39 Å². The van der Waals surface area contributed by atoms with Crippen LogP contribution in [0.3, 0.4) is 0 Å². The number of piperazine rings is 1. The van der Waals surface area contributed by atoms with E-state index in [9.17, 15) is 19.2 Å². The van der Waals surface area contributed by atoms with Gasteiger partial charge in [-0.1, -0.05) is 6.42 Å². The lowest BCUT2D eigenvalue weighted by atomic mass is 10.1. The van der Waals surface area contributed by atoms with Crippen LogP contribution in [-0.4, -0.2) is 60.9 Å². The minimum Gasteiger partial charge on any atom is -0.325 e. The smallest absolute Gasteiger partial charge is 0.238 e. The van der Waals surface area contributed by atoms with E-state index in [1.54, 1.807) is 23.5 Å². The fraction of sp³-hybridized carbons (Fsp3) is 0.480. The molecule has 1 saturated heterocycles. The summed E-state index contributed by atoms with van der Waals surface area (Å²) in [6, 6.07) is 8.04. The van der Waals surface area contributed by atoms with Gasteiger partial charge < -0.3 is 15.5 Å². The molecule has 9 heteroatoms. The maximum Gasteiger partial charge on any atom is 0.238 e. The van der Waals surface area contributed by atoms with Crippen molar-refractivity contribution in [1.29, 1.82) is 5.26 Å². The molecule has 2 aromatic rings. The van der Waals surface area contributed by atoms with Gasteiger partial charge in [0, 0.05) is 49.7 Å². The Morgan fingerprint density at radius 1 is 0.971 bits per heavy atom. The summed E-state index contributed by atoms with van der Waals surface area (Å²) in [7, 11) is 0. The van der Waals surface area contributed by atoms with E-state index in [1.165, 1.54) is 23.4 Å². The highest BCUT2D eigenvalue weighted by molar-refractivity contribution is 7.16. The molecule has 1 aromatic carbocycles. The number of carbonyl (C=O) groups excluding carboxylic acids is 2. The number of hydrogen-bond acceptors (Lipinski definition) is 6. The molecule has 0 unspecified atom stereocenters. The van der Waals surface area contributed by atoms with Crippen LogP contribution in [0.5, 0.6) is 0 Å². The normalized spacial score (nSPS) is 16.8. The van der Waals surface area contributed by atoms with Gasteiger partial charge in [-0.15, -0.1) is 11.3 Å². The SMILES string of the molecule is N#Cc1c(NC(=O)CCN2CCN(CC(=O)Nc3ccc(F)cc3)CC2)sc2c1CCCCC2. The molecule has 0 spiro atoms. The van der Waals surface area contributed by atoms with Crippen LogP contribution in [0.15, 0.2) is 24.3 Å². The summed E-state index contributed by atoms with van der Waals surface area (Å²) in [5.74, 6) is -0.519. The van der Waals surface area contributed by atoms with Crippen LogP contribution in [0, 0.1) is 17.1 Å². The van der Waals surface area contributed by atoms with Gasteiger partial charge in [-0.2, -0.15) is 5.26 Å². The number of nitrogens with one attached hydrogen (secondary N) is 2. The van der Waals surface area contributed by atoms with Crippen LogP contribution < -0.4 is 10.6 Å². The molecule has 2 heterocycles. The minimum atomic E-state index is -0.335. The van der Waals surface area contributed by atoms with Gasteiger partial charge >= 0.3 is 0 Å². The maximum atomic E-state index is 13.0. The molecule has 180 valence electrons. The van der Waals surface area contributed by atoms with E-state index in [-0.39, 0.29) is 24.2 Å². The fourth-order valence-electron chi connectivity index (χ4n) is 4.51. The molecule has 1 aromatic heterocycles. The largest absolute Gasteiger partial charge is 0.325 e. The molecule has 2 aliphatic rings. The predicted octanol–water partition coefficient (Wildman–Crippen LogP) is 3.61. The van der Waals surface area contributed by atoms with Crippen molar-refractivity contribution in [2.24, 2.45) is 0 Å². The van der Waals surface area contributed by atoms with Crippen molar-refractivity contribution in [2.75, 3.05) is 49.9 Å². The molecular weight excluding hydrogens is 453 g/mol. The Labute approximate surface area is 203 Å². The molecule has 1 aliphatic heterocycles. The Bertz CT molecular complexity index is 1050. The maximum absolute atomic E-state index is 13.0. The molecule has 0 bridgehead atoms. The summed E-state index contributed by atoms with van der Waals surface area (Å²) in [6.45, 7) is 3.99. The lowest BCUT2D eigenvalue weighted by Crippen LogP contribution is -2.49. The average Bonchev–Trinajstić information content (AvgIpc) is 2.98. The first-order valence-electron chi connectivity index (χ1n) is 11.9. The van der Waals surface area contributed by atoms with Crippen molar-refractivity contribution in [3.8, 4) is 6.07 Å². The van der Waals surface area contributed by atoms with Crippen molar-refractivity contribution in [1.82, 2.24) is 9.80 Å². The Morgan fingerprint density at radius 2 is 1.68 bits per heavy atom. The fourth-order valence-corrected chi connectivity index (χ4v) is 5.76. The van der Waals surface area contributed by atoms with E-state index < -0.39 is 0 Å². The van der Waals surface area contributed by atoms with Crippen molar-refractivity contribution in [3.63, 3.8) is 0 Å². The number of anilines is 2. The molecule has 2 N–H and O–H groups in total. The first kappa shape index (κ1) is 24.3. The van der Waals surface area contributed by atoms with E-state index in [1.807, 2.05) is 0 Å². The summed E-state index contributed by atoms with van der Waals surface area (Å²) >= 11 is 1.57. The molecule has 1 fully saturated rings. The number of fused-ring (bicyclic) bond motifs is 1. The third-order valence-corrected chi connectivity index (χ3v) is 7.61. The van der Waals surface area contributed by atoms with Gasteiger partial charge in [0.1, 0.15) is 16.9 Å². The molecule has 34 heavy (non-hydrogen) atoms. The number of carbonyl (C=O) groups is 2. The van der Waals surface area contributed by atoms with Gasteiger partial charge in [0.05, 0.1) is 12.1 Å². The van der Waals surface area contributed by atoms with E-state index in [4.69, 9.17) is 0 Å². The van der Waals surface area contributed by atoms with Crippen LogP contribution in [0.25, 0.3) is 0 Å². The summed E-state index contributed by atoms with van der Waals surface area (Å²) in [5, 5.41) is 16.1. The molecule has 4 rings (SSSR count). The second-order valence-corrected chi connectivity index (χ2v) is 9.96. The molecule has 1 aliphatic carbocycles. The molecule has 0 atom stereocenters. The lowest BCUT2D eigenvalue weighted by Gasteiger charge is -2.34. The molecule has 0 saturated carbocycles. The minimum absolute atomic E-state index is 0.0611. The summed E-state index contributed by atoms with van der Waals surface area (Å²) in [4.78, 5) is 30.4. The van der Waals surface area contributed by atoms with Crippen molar-refractivity contribution < 1.29 is 14.0 Å². The number of benzene rings is 1. The van der Waals surface area contributed by atoms with E-state index >= 15 is 0 Å². The summed E-state index contributed by atoms with van der Waals surface area (Å²) in [6.07, 6.45) is 5.74. The number of nitriles is 1. The van der Waals surface area contributed by atoms with Crippen LogP contribution >= 0.6 is 11.3 Å². The topological polar surface area (TPSA) is 88.5 Å². The molecular formula is C25H30FN5O2S. The first-order valence-corrected chi connectivity index (χ1v) is 12.7. The third kappa shape index (κ3) is 6.41. The second kappa shape index (κ2) is 11.6. The lowest BCUT2D eigenvalue weighted by molar-refractivity contribution is -0.117. The standard InChI is InChI=1S/C25H30FN5O2S/c26-18-6-8-19(9-7-18)28-24(33)17-31-14-12-30(13-15-31)11-10-23(32)29-25-21(16-27)20-4-2-1-3-5-22(20)34-25/h6-9H,1-5,10-15,17H2,(H,28,33)(H,29,32). The van der Waals surface area contributed by atoms with E-state index in [0.717, 1.165) is 57.4 Å². The predicted molar refractivity (Wildman–Crippen MR) is 131 cm³/mol. The van der Waals surface area contributed by atoms with Crippen LogP contribution in [0.1, 0.15) is 41.7 Å². The van der Waals surface area contributed by atoms with Crippen molar-refractivity contribution >= 4 is 33.8 Å². The zero-order chi connectivity index (χ0) is 23.9. The Balaban J connectivity index is 1.19. The average molecular weight is 484 g/mol. The first-order chi connectivity index (χ1) is 16.5. The van der Waals surface area contributed by atoms with Crippen LogP contribution in [0.4, 0.5) is 15.1 Å². The number of amides is 2. The van der Waals surface area contributed by atoms with Crippen molar-refractivity contribution in [2.45, 2.75) is 38.5 Å². The highest BCUT2D eigenvalue weighted by atomic mass is 32.1. The number of hydrogen-bond donors (Lipinski definition) is 2. The van der Waals surface area contributed by atoms with Gasteiger partial charge in [0.15, 0.2) is 0 Å². The quantitative estimate of drug-likeness (QED) is 0.588. The zero-order valence-corrected chi connectivity index (χ0v) is 20.1. The molecule has 2 amide bonds. The highest BCUT2D eigenvalue weighted by Crippen LogP contribution is 2.37. The summed E-state index contributed by atoms with van der Waals surface area (Å²) in [5.41, 5.74) is 2.38. The number of halogens is 1. The number of thiophene rings is 1. The van der Waals surface area contributed by atoms with Gasteiger partial charge in [0.2, 0.25) is 11.8 Å². The van der Waals surface area contributed by atoms with E-state index in [2.05, 4.69) is 26.5 Å². The Morgan fingerprint density at radius 3 is 2.41 bits per heavy atom. The van der Waals surface area contributed by atoms with Gasteiger partial charge in [-0.3, -0.25) is 14.5 Å². The van der Waals surface area contributed by atoms with Gasteiger partial charge in [-0.05, 0) is 55.5 Å². The molecule has 7 nitrogen and oxygen atoms in total. The highest BCUT2D eigenvalue weighted by Gasteiger charge is 2.22. The monoisotopic (exact) mass is 483 g/mol.